The topological polar surface area (TPSA) is 42.3 Å². The number of aryl methyl sites for hydroxylation is 1. The molecule has 0 N–H and O–H groups in total. The molecule has 0 bridgehead atoms. The van der Waals surface area contributed by atoms with Crippen molar-refractivity contribution in [3.05, 3.63) is 92.4 Å². The third-order valence-electron chi connectivity index (χ3n) is 6.09. The lowest BCUT2D eigenvalue weighted by atomic mass is 10.0. The number of hydrogen-bond acceptors (Lipinski definition) is 3. The maximum absolute atomic E-state index is 13.5. The van der Waals surface area contributed by atoms with E-state index >= 15 is 0 Å². The van der Waals surface area contributed by atoms with Crippen LogP contribution in [0.25, 0.3) is 5.69 Å². The van der Waals surface area contributed by atoms with E-state index in [1.165, 1.54) is 5.56 Å². The van der Waals surface area contributed by atoms with Gasteiger partial charge in [-0.05, 0) is 43.5 Å². The predicted octanol–water partition coefficient (Wildman–Crippen LogP) is 5.42. The van der Waals surface area contributed by atoms with Gasteiger partial charge in [-0.2, -0.15) is 0 Å². The maximum Gasteiger partial charge on any atom is 0.259 e. The van der Waals surface area contributed by atoms with Gasteiger partial charge in [-0.3, -0.25) is 9.59 Å². The zero-order valence-electron chi connectivity index (χ0n) is 17.3. The van der Waals surface area contributed by atoms with Crippen LogP contribution in [0.15, 0.2) is 64.3 Å². The van der Waals surface area contributed by atoms with Crippen LogP contribution in [0.5, 0.6) is 0 Å². The van der Waals surface area contributed by atoms with Gasteiger partial charge in [-0.15, -0.1) is 11.8 Å². The van der Waals surface area contributed by atoms with Gasteiger partial charge in [-0.25, -0.2) is 0 Å². The second kappa shape index (κ2) is 8.21. The Balaban J connectivity index is 1.76. The molecule has 1 atom stereocenters. The number of carbonyl (C=O) groups is 1. The number of rotatable bonds is 2. The average molecular weight is 451 g/mol. The first-order chi connectivity index (χ1) is 15.0. The molecule has 2 aliphatic heterocycles. The second-order valence-corrected chi connectivity index (χ2v) is 9.82. The molecule has 1 unspecified atom stereocenters. The molecule has 4 nitrogen and oxygen atoms in total. The quantitative estimate of drug-likeness (QED) is 0.523. The molecule has 31 heavy (non-hydrogen) atoms. The Labute approximate surface area is 190 Å². The van der Waals surface area contributed by atoms with Crippen molar-refractivity contribution >= 4 is 29.3 Å². The Bertz CT molecular complexity index is 1220. The maximum atomic E-state index is 13.5. The molecule has 0 radical (unpaired) electrons. The number of nitrogens with zero attached hydrogens (tertiary/aromatic N) is 2. The fraction of sp³-hybridized carbons (Fsp3) is 0.280. The van der Waals surface area contributed by atoms with Crippen LogP contribution in [0.4, 0.5) is 0 Å². The summed E-state index contributed by atoms with van der Waals surface area (Å²) < 4.78 is 2.09. The van der Waals surface area contributed by atoms with E-state index in [9.17, 15) is 9.59 Å². The highest BCUT2D eigenvalue weighted by atomic mass is 35.5. The highest BCUT2D eigenvalue weighted by Gasteiger charge is 2.31. The van der Waals surface area contributed by atoms with Crippen molar-refractivity contribution in [2.75, 3.05) is 13.1 Å². The van der Waals surface area contributed by atoms with Gasteiger partial charge in [0, 0.05) is 52.1 Å². The first-order valence-corrected chi connectivity index (χ1v) is 11.8. The summed E-state index contributed by atoms with van der Waals surface area (Å²) in [5.41, 5.74) is 3.89. The lowest BCUT2D eigenvalue weighted by molar-refractivity contribution is 0.0789. The summed E-state index contributed by atoms with van der Waals surface area (Å²) in [7, 11) is 0. The van der Waals surface area contributed by atoms with Crippen LogP contribution in [0.2, 0.25) is 5.02 Å². The van der Waals surface area contributed by atoms with E-state index in [0.717, 1.165) is 34.8 Å². The number of pyridine rings is 1. The van der Waals surface area contributed by atoms with E-state index < -0.39 is 0 Å². The van der Waals surface area contributed by atoms with Gasteiger partial charge in [0.05, 0.1) is 5.69 Å². The Morgan fingerprint density at radius 3 is 2.55 bits per heavy atom. The van der Waals surface area contributed by atoms with Crippen LogP contribution < -0.4 is 5.43 Å². The molecule has 3 heterocycles. The SMILES string of the molecule is Cc1cc(=O)c(C(=O)N2CCCC2)c2n1-c1ccc(Cl)cc1SC(c1ccccc1)C2. The lowest BCUT2D eigenvalue weighted by Crippen LogP contribution is -2.34. The lowest BCUT2D eigenvalue weighted by Gasteiger charge is -2.22. The van der Waals surface area contributed by atoms with Crippen LogP contribution in [-0.4, -0.2) is 28.5 Å². The van der Waals surface area contributed by atoms with Crippen molar-refractivity contribution in [3.63, 3.8) is 0 Å². The smallest absolute Gasteiger partial charge is 0.259 e. The first-order valence-electron chi connectivity index (χ1n) is 10.6. The van der Waals surface area contributed by atoms with Crippen LogP contribution in [0.3, 0.4) is 0 Å². The fourth-order valence-corrected chi connectivity index (χ4v) is 6.17. The van der Waals surface area contributed by atoms with Gasteiger partial charge in [0.15, 0.2) is 5.43 Å². The molecule has 1 amide bonds. The zero-order chi connectivity index (χ0) is 21.5. The van der Waals surface area contributed by atoms with Crippen molar-refractivity contribution in [2.45, 2.75) is 36.3 Å². The van der Waals surface area contributed by atoms with Gasteiger partial charge in [-0.1, -0.05) is 41.9 Å². The molecule has 0 spiro atoms. The summed E-state index contributed by atoms with van der Waals surface area (Å²) in [6.07, 6.45) is 2.57. The van der Waals surface area contributed by atoms with Gasteiger partial charge < -0.3 is 9.47 Å². The summed E-state index contributed by atoms with van der Waals surface area (Å²) >= 11 is 8.09. The normalized spacial score (nSPS) is 17.7. The van der Waals surface area contributed by atoms with Gasteiger partial charge in [0.2, 0.25) is 0 Å². The van der Waals surface area contributed by atoms with Crippen molar-refractivity contribution in [2.24, 2.45) is 0 Å². The molecular formula is C25H23ClN2O2S. The van der Waals surface area contributed by atoms with E-state index in [1.54, 1.807) is 17.8 Å². The van der Waals surface area contributed by atoms with Crippen LogP contribution >= 0.6 is 23.4 Å². The van der Waals surface area contributed by atoms with Gasteiger partial charge in [0.1, 0.15) is 5.56 Å². The Morgan fingerprint density at radius 1 is 1.06 bits per heavy atom. The number of likely N-dealkylation sites (tertiary alicyclic amines) is 1. The highest BCUT2D eigenvalue weighted by Crippen LogP contribution is 2.45. The number of amides is 1. The molecule has 2 aromatic carbocycles. The van der Waals surface area contributed by atoms with E-state index in [0.29, 0.717) is 30.1 Å². The largest absolute Gasteiger partial charge is 0.338 e. The van der Waals surface area contributed by atoms with Crippen molar-refractivity contribution in [1.29, 1.82) is 0 Å². The van der Waals surface area contributed by atoms with Crippen molar-refractivity contribution in [3.8, 4) is 5.69 Å². The number of carbonyl (C=O) groups excluding carboxylic acids is 1. The Morgan fingerprint density at radius 2 is 1.81 bits per heavy atom. The first kappa shape index (κ1) is 20.4. The Kier molecular flexibility index (Phi) is 5.40. The third kappa shape index (κ3) is 3.70. The minimum Gasteiger partial charge on any atom is -0.338 e. The highest BCUT2D eigenvalue weighted by molar-refractivity contribution is 7.99. The molecular weight excluding hydrogens is 428 g/mol. The summed E-state index contributed by atoms with van der Waals surface area (Å²) in [5.74, 6) is -0.138. The molecule has 0 aliphatic carbocycles. The molecule has 0 saturated carbocycles. The minimum atomic E-state index is -0.185. The Hall–Kier alpha value is -2.50. The number of benzene rings is 2. The van der Waals surface area contributed by atoms with E-state index in [-0.39, 0.29) is 16.6 Å². The summed E-state index contributed by atoms with van der Waals surface area (Å²) in [6, 6.07) is 17.7. The molecule has 2 aliphatic rings. The average Bonchev–Trinajstić information content (AvgIpc) is 3.24. The standard InChI is InChI=1S/C25H23ClN2O2S/c1-16-13-21(29)24(25(30)27-11-5-6-12-27)20-15-22(17-7-3-2-4-8-17)31-23-14-18(26)9-10-19(23)28(16)20/h2-4,7-10,13-14,22H,5-6,11-12,15H2,1H3. The number of thioether (sulfide) groups is 1. The molecule has 1 aromatic heterocycles. The molecule has 3 aromatic rings. The van der Waals surface area contributed by atoms with Crippen LogP contribution in [0.1, 0.15) is 45.4 Å². The van der Waals surface area contributed by atoms with E-state index in [1.807, 2.05) is 48.2 Å². The molecule has 158 valence electrons. The molecule has 6 heteroatoms. The summed E-state index contributed by atoms with van der Waals surface area (Å²) in [4.78, 5) is 29.5. The monoisotopic (exact) mass is 450 g/mol. The van der Waals surface area contributed by atoms with Crippen LogP contribution in [0, 0.1) is 6.92 Å². The third-order valence-corrected chi connectivity index (χ3v) is 7.63. The fourth-order valence-electron chi connectivity index (χ4n) is 4.62. The number of fused-ring (bicyclic) bond motifs is 3. The summed E-state index contributed by atoms with van der Waals surface area (Å²) in [5, 5.41) is 0.743. The predicted molar refractivity (Wildman–Crippen MR) is 126 cm³/mol. The molecule has 5 rings (SSSR count). The zero-order valence-corrected chi connectivity index (χ0v) is 18.9. The number of halogens is 1. The molecule has 1 fully saturated rings. The molecule has 1 saturated heterocycles. The van der Waals surface area contributed by atoms with Crippen molar-refractivity contribution < 1.29 is 4.79 Å². The number of aromatic nitrogens is 1. The van der Waals surface area contributed by atoms with E-state index in [4.69, 9.17) is 11.6 Å². The second-order valence-electron chi connectivity index (χ2n) is 8.14. The van der Waals surface area contributed by atoms with E-state index in [2.05, 4.69) is 16.7 Å². The van der Waals surface area contributed by atoms with Crippen molar-refractivity contribution in [1.82, 2.24) is 9.47 Å². The summed E-state index contributed by atoms with van der Waals surface area (Å²) in [6.45, 7) is 3.37. The van der Waals surface area contributed by atoms with Gasteiger partial charge in [0.25, 0.3) is 5.91 Å². The van der Waals surface area contributed by atoms with Gasteiger partial charge >= 0.3 is 0 Å². The van der Waals surface area contributed by atoms with Crippen LogP contribution in [-0.2, 0) is 6.42 Å². The minimum absolute atomic E-state index is 0.0681. The number of hydrogen-bond donors (Lipinski definition) is 0.